The third kappa shape index (κ3) is 2.17. The lowest BCUT2D eigenvalue weighted by Crippen LogP contribution is -2.64. The molecule has 2 aliphatic rings. The summed E-state index contributed by atoms with van der Waals surface area (Å²) >= 11 is 1.62. The zero-order chi connectivity index (χ0) is 18.0. The third-order valence-electron chi connectivity index (χ3n) is 5.37. The molecule has 0 spiro atoms. The molecule has 8 heteroatoms. The van der Waals surface area contributed by atoms with Gasteiger partial charge in [-0.05, 0) is 13.8 Å². The molecule has 2 aliphatic heterocycles. The van der Waals surface area contributed by atoms with E-state index in [1.165, 1.54) is 4.90 Å². The summed E-state index contributed by atoms with van der Waals surface area (Å²) < 4.78 is 3.98. The molecule has 1 saturated heterocycles. The fourth-order valence-electron chi connectivity index (χ4n) is 4.12. The van der Waals surface area contributed by atoms with Crippen LogP contribution in [0, 0.1) is 18.8 Å². The first-order valence-corrected chi connectivity index (χ1v) is 9.10. The number of aromatic nitrogens is 2. The van der Waals surface area contributed by atoms with Gasteiger partial charge in [0.15, 0.2) is 0 Å². The van der Waals surface area contributed by atoms with Crippen LogP contribution in [0.1, 0.15) is 19.5 Å². The van der Waals surface area contributed by atoms with E-state index in [1.54, 1.807) is 18.3 Å². The molecule has 1 fully saturated rings. The molecule has 7 nitrogen and oxygen atoms in total. The number of nitrogens with zero attached hydrogens (tertiary/aromatic N) is 3. The van der Waals surface area contributed by atoms with Gasteiger partial charge < -0.3 is 19.9 Å². The molecule has 2 aromatic heterocycles. The average molecular weight is 361 g/mol. The maximum atomic E-state index is 12.3. The maximum Gasteiger partial charge on any atom is 0.250 e. The Kier molecular flexibility index (Phi) is 3.52. The van der Waals surface area contributed by atoms with Gasteiger partial charge in [0.25, 0.3) is 0 Å². The number of thiazole rings is 1. The Morgan fingerprint density at radius 1 is 1.52 bits per heavy atom. The standard InChI is InChI=1S/C17H19N3O4S/c1-8-6-25-12-5-18(7-19(8)12)4-11-9(2)14-13(10(3)21)16(22)20(14)15(11)17(23)24/h5-7,9-10,13-14,21H,4H2,1-3H3/t9-,10+,13+,14+/m0/s1. The van der Waals surface area contributed by atoms with E-state index in [4.69, 9.17) is 0 Å². The molecule has 0 bridgehead atoms. The Morgan fingerprint density at radius 3 is 2.84 bits per heavy atom. The fraction of sp³-hybridized carbons (Fsp3) is 0.471. The summed E-state index contributed by atoms with van der Waals surface area (Å²) in [7, 11) is 0. The fourth-order valence-corrected chi connectivity index (χ4v) is 5.03. The summed E-state index contributed by atoms with van der Waals surface area (Å²) in [6.07, 6.45) is 3.10. The number of carbonyl (C=O) groups is 2. The molecular weight excluding hydrogens is 342 g/mol. The van der Waals surface area contributed by atoms with Crippen LogP contribution in [0.4, 0.5) is 0 Å². The number of carboxylic acid groups (broad SMARTS) is 1. The Hall–Kier alpha value is -2.19. The molecule has 4 atom stereocenters. The molecule has 0 aromatic carbocycles. The largest absolute Gasteiger partial charge is 0.543 e. The van der Waals surface area contributed by atoms with Crippen molar-refractivity contribution in [3.8, 4) is 0 Å². The highest BCUT2D eigenvalue weighted by Crippen LogP contribution is 2.47. The number of imidazole rings is 1. The van der Waals surface area contributed by atoms with Gasteiger partial charge in [-0.15, -0.1) is 0 Å². The number of carboxylic acids is 1. The number of carbonyl (C=O) groups excluding carboxylic acids is 2. The number of aliphatic hydroxyl groups excluding tert-OH is 1. The number of hydrogen-bond acceptors (Lipinski definition) is 5. The minimum Gasteiger partial charge on any atom is -0.543 e. The van der Waals surface area contributed by atoms with E-state index < -0.39 is 18.0 Å². The van der Waals surface area contributed by atoms with Crippen LogP contribution in [0.3, 0.4) is 0 Å². The van der Waals surface area contributed by atoms with Crippen molar-refractivity contribution in [3.05, 3.63) is 34.9 Å². The second-order valence-electron chi connectivity index (χ2n) is 6.92. The first-order valence-electron chi connectivity index (χ1n) is 8.22. The number of fused-ring (bicyclic) bond motifs is 2. The predicted molar refractivity (Wildman–Crippen MR) is 87.2 cm³/mol. The van der Waals surface area contributed by atoms with Crippen molar-refractivity contribution in [3.63, 3.8) is 0 Å². The highest BCUT2D eigenvalue weighted by molar-refractivity contribution is 7.15. The van der Waals surface area contributed by atoms with Gasteiger partial charge >= 0.3 is 0 Å². The SMILES string of the molecule is Cc1csc2cn(CC3=C(C(=O)[O-])N4C(=O)[C@H]([C@@H](C)O)[C@H]4[C@H]3C)c[n+]12. The number of β-lactam (4-membered cyclic amide) rings is 1. The van der Waals surface area contributed by atoms with Crippen LogP contribution >= 0.6 is 11.3 Å². The van der Waals surface area contributed by atoms with E-state index >= 15 is 0 Å². The van der Waals surface area contributed by atoms with Crippen LogP contribution in [0.15, 0.2) is 29.2 Å². The van der Waals surface area contributed by atoms with Gasteiger partial charge in [0, 0.05) is 16.9 Å². The van der Waals surface area contributed by atoms with Crippen LogP contribution < -0.4 is 9.51 Å². The Bertz CT molecular complexity index is 926. The molecule has 0 radical (unpaired) electrons. The summed E-state index contributed by atoms with van der Waals surface area (Å²) in [5.74, 6) is -2.36. The van der Waals surface area contributed by atoms with Crippen molar-refractivity contribution in [1.29, 1.82) is 0 Å². The summed E-state index contributed by atoms with van der Waals surface area (Å²) in [6.45, 7) is 5.87. The van der Waals surface area contributed by atoms with Crippen molar-refractivity contribution in [1.82, 2.24) is 9.47 Å². The molecule has 0 saturated carbocycles. The number of hydrogen-bond donors (Lipinski definition) is 1. The lowest BCUT2D eigenvalue weighted by atomic mass is 9.78. The lowest BCUT2D eigenvalue weighted by Gasteiger charge is -2.47. The molecule has 4 rings (SSSR count). The second kappa shape index (κ2) is 5.40. The van der Waals surface area contributed by atoms with Crippen molar-refractivity contribution in [2.75, 3.05) is 0 Å². The minimum absolute atomic E-state index is 0.0295. The molecule has 132 valence electrons. The van der Waals surface area contributed by atoms with Crippen molar-refractivity contribution in [2.45, 2.75) is 39.5 Å². The summed E-state index contributed by atoms with van der Waals surface area (Å²) in [5.41, 5.74) is 1.75. The van der Waals surface area contributed by atoms with Crippen LogP contribution in [-0.4, -0.2) is 38.6 Å². The number of aliphatic hydroxyl groups is 1. The van der Waals surface area contributed by atoms with E-state index in [2.05, 4.69) is 5.38 Å². The van der Waals surface area contributed by atoms with Crippen LogP contribution in [0.2, 0.25) is 0 Å². The first-order chi connectivity index (χ1) is 11.8. The number of amides is 1. The Morgan fingerprint density at radius 2 is 2.24 bits per heavy atom. The topological polar surface area (TPSA) is 89.7 Å². The van der Waals surface area contributed by atoms with Crippen molar-refractivity contribution in [2.24, 2.45) is 11.8 Å². The summed E-state index contributed by atoms with van der Waals surface area (Å²) in [4.78, 5) is 26.4. The monoisotopic (exact) mass is 361 g/mol. The smallest absolute Gasteiger partial charge is 0.250 e. The van der Waals surface area contributed by atoms with Crippen molar-refractivity contribution < 1.29 is 24.2 Å². The molecule has 4 heterocycles. The van der Waals surface area contributed by atoms with Crippen molar-refractivity contribution >= 4 is 28.0 Å². The molecule has 1 amide bonds. The second-order valence-corrected chi connectivity index (χ2v) is 7.81. The van der Waals surface area contributed by atoms with Gasteiger partial charge in [-0.1, -0.05) is 18.3 Å². The molecule has 0 aliphatic carbocycles. The third-order valence-corrected chi connectivity index (χ3v) is 6.37. The normalized spacial score (nSPS) is 27.0. The number of aryl methyl sites for hydroxylation is 1. The van der Waals surface area contributed by atoms with Gasteiger partial charge in [0.1, 0.15) is 18.4 Å². The van der Waals surface area contributed by atoms with Gasteiger partial charge in [-0.2, -0.15) is 4.40 Å². The van der Waals surface area contributed by atoms with Crippen LogP contribution in [0.25, 0.3) is 4.83 Å². The highest BCUT2D eigenvalue weighted by atomic mass is 32.1. The quantitative estimate of drug-likeness (QED) is 0.585. The Labute approximate surface area is 148 Å². The number of aliphatic carboxylic acids is 1. The van der Waals surface area contributed by atoms with E-state index in [0.717, 1.165) is 10.5 Å². The summed E-state index contributed by atoms with van der Waals surface area (Å²) in [5, 5.41) is 23.6. The van der Waals surface area contributed by atoms with Crippen LogP contribution in [0.5, 0.6) is 0 Å². The van der Waals surface area contributed by atoms with Gasteiger partial charge in [-0.25, -0.2) is 4.57 Å². The maximum absolute atomic E-state index is 12.3. The molecule has 0 unspecified atom stereocenters. The highest BCUT2D eigenvalue weighted by Gasteiger charge is 2.58. The van der Waals surface area contributed by atoms with Gasteiger partial charge in [-0.3, -0.25) is 4.79 Å². The molecular formula is C17H19N3O4S. The average Bonchev–Trinajstić information content (AvgIpc) is 3.14. The van der Waals surface area contributed by atoms with E-state index in [0.29, 0.717) is 12.1 Å². The van der Waals surface area contributed by atoms with E-state index in [1.807, 2.05) is 35.3 Å². The van der Waals surface area contributed by atoms with E-state index in [9.17, 15) is 19.8 Å². The lowest BCUT2D eigenvalue weighted by molar-refractivity contribution is -0.515. The van der Waals surface area contributed by atoms with E-state index in [-0.39, 0.29) is 23.6 Å². The predicted octanol–water partition coefficient (Wildman–Crippen LogP) is -0.542. The summed E-state index contributed by atoms with van der Waals surface area (Å²) in [6, 6.07) is -0.304. The minimum atomic E-state index is -1.33. The first kappa shape index (κ1) is 16.3. The number of rotatable bonds is 4. The zero-order valence-corrected chi connectivity index (χ0v) is 15.0. The molecule has 2 aromatic rings. The van der Waals surface area contributed by atoms with Gasteiger partial charge in [0.05, 0.1) is 29.7 Å². The molecule has 25 heavy (non-hydrogen) atoms. The molecule has 1 N–H and O–H groups in total. The Balaban J connectivity index is 1.72. The zero-order valence-electron chi connectivity index (χ0n) is 14.2. The van der Waals surface area contributed by atoms with Crippen LogP contribution in [-0.2, 0) is 16.1 Å². The van der Waals surface area contributed by atoms with Gasteiger partial charge in [0.2, 0.25) is 17.1 Å².